The number of rotatable bonds is 4. The second-order valence-electron chi connectivity index (χ2n) is 6.01. The molecular weight excluding hydrogens is 322 g/mol. The first-order chi connectivity index (χ1) is 11.6. The number of nitrogens with zero attached hydrogens (tertiary/aromatic N) is 3. The van der Waals surface area contributed by atoms with Gasteiger partial charge >= 0.3 is 0 Å². The molecule has 0 aromatic carbocycles. The molecular formula is C18H21N3O2S. The molecule has 0 saturated carbocycles. The Morgan fingerprint density at radius 2 is 1.96 bits per heavy atom. The van der Waals surface area contributed by atoms with Gasteiger partial charge in [0.1, 0.15) is 0 Å². The summed E-state index contributed by atoms with van der Waals surface area (Å²) in [7, 11) is 0. The fourth-order valence-electron chi connectivity index (χ4n) is 2.91. The van der Waals surface area contributed by atoms with Gasteiger partial charge in [0.25, 0.3) is 5.91 Å². The van der Waals surface area contributed by atoms with Crippen LogP contribution in [0.25, 0.3) is 0 Å². The van der Waals surface area contributed by atoms with Crippen LogP contribution in [0.15, 0.2) is 35.8 Å². The Kier molecular flexibility index (Phi) is 5.06. The summed E-state index contributed by atoms with van der Waals surface area (Å²) in [4.78, 5) is 33.2. The number of carbonyl (C=O) groups excluding carboxylic acids is 2. The van der Waals surface area contributed by atoms with Gasteiger partial charge in [-0.3, -0.25) is 19.5 Å². The first-order valence-corrected chi connectivity index (χ1v) is 8.98. The van der Waals surface area contributed by atoms with Crippen LogP contribution < -0.4 is 0 Å². The monoisotopic (exact) mass is 343 g/mol. The van der Waals surface area contributed by atoms with Gasteiger partial charge in [-0.2, -0.15) is 0 Å². The van der Waals surface area contributed by atoms with Gasteiger partial charge in [-0.1, -0.05) is 6.07 Å². The van der Waals surface area contributed by atoms with Crippen LogP contribution in [0.2, 0.25) is 0 Å². The maximum absolute atomic E-state index is 12.6. The fourth-order valence-corrected chi connectivity index (χ4v) is 3.82. The van der Waals surface area contributed by atoms with Crippen molar-refractivity contribution in [2.24, 2.45) is 0 Å². The molecule has 0 radical (unpaired) electrons. The molecule has 1 atom stereocenters. The molecule has 5 nitrogen and oxygen atoms in total. The maximum atomic E-state index is 12.6. The van der Waals surface area contributed by atoms with Crippen LogP contribution in [0.5, 0.6) is 0 Å². The number of aromatic nitrogens is 1. The molecule has 126 valence electrons. The molecule has 1 aliphatic rings. The molecule has 2 aromatic rings. The summed E-state index contributed by atoms with van der Waals surface area (Å²) >= 11 is 1.35. The highest BCUT2D eigenvalue weighted by molar-refractivity contribution is 7.12. The summed E-state index contributed by atoms with van der Waals surface area (Å²) in [6.07, 6.45) is 1.81. The first-order valence-electron chi connectivity index (χ1n) is 8.10. The predicted molar refractivity (Wildman–Crippen MR) is 94.5 cm³/mol. The lowest BCUT2D eigenvalue weighted by molar-refractivity contribution is 0.0583. The largest absolute Gasteiger partial charge is 0.335 e. The van der Waals surface area contributed by atoms with Crippen molar-refractivity contribution in [2.45, 2.75) is 19.9 Å². The quantitative estimate of drug-likeness (QED) is 0.801. The summed E-state index contributed by atoms with van der Waals surface area (Å²) in [5.41, 5.74) is 1.67. The predicted octanol–water partition coefficient (Wildman–Crippen LogP) is 2.86. The fraction of sp³-hybridized carbons (Fsp3) is 0.389. The topological polar surface area (TPSA) is 53.5 Å². The van der Waals surface area contributed by atoms with Crippen LogP contribution in [-0.2, 0) is 0 Å². The van der Waals surface area contributed by atoms with Gasteiger partial charge in [0.05, 0.1) is 10.6 Å². The Balaban J connectivity index is 1.60. The van der Waals surface area contributed by atoms with Crippen molar-refractivity contribution in [1.82, 2.24) is 14.8 Å². The molecule has 24 heavy (non-hydrogen) atoms. The third-order valence-corrected chi connectivity index (χ3v) is 5.40. The van der Waals surface area contributed by atoms with E-state index in [2.05, 4.69) is 16.8 Å². The molecule has 0 aliphatic carbocycles. The van der Waals surface area contributed by atoms with Crippen LogP contribution in [0, 0.1) is 0 Å². The normalized spacial score (nSPS) is 16.8. The Bertz CT molecular complexity index is 721. The number of hydrogen-bond acceptors (Lipinski definition) is 5. The van der Waals surface area contributed by atoms with E-state index in [9.17, 15) is 9.59 Å². The van der Waals surface area contributed by atoms with Gasteiger partial charge in [0.2, 0.25) is 0 Å². The van der Waals surface area contributed by atoms with Crippen molar-refractivity contribution in [2.75, 3.05) is 26.2 Å². The molecule has 3 rings (SSSR count). The van der Waals surface area contributed by atoms with Crippen LogP contribution >= 0.6 is 11.3 Å². The molecule has 3 heterocycles. The van der Waals surface area contributed by atoms with Crippen LogP contribution in [-0.4, -0.2) is 52.7 Å². The Hall–Kier alpha value is -2.05. The third kappa shape index (κ3) is 3.55. The lowest BCUT2D eigenvalue weighted by Gasteiger charge is -2.37. The number of piperazine rings is 1. The van der Waals surface area contributed by atoms with Gasteiger partial charge in [-0.05, 0) is 32.0 Å². The van der Waals surface area contributed by atoms with Crippen LogP contribution in [0.1, 0.15) is 45.6 Å². The van der Waals surface area contributed by atoms with Crippen LogP contribution in [0.4, 0.5) is 0 Å². The molecule has 0 unspecified atom stereocenters. The molecule has 1 fully saturated rings. The first kappa shape index (κ1) is 16.8. The van der Waals surface area contributed by atoms with Gasteiger partial charge in [0.15, 0.2) is 5.78 Å². The van der Waals surface area contributed by atoms with Crippen molar-refractivity contribution in [1.29, 1.82) is 0 Å². The highest BCUT2D eigenvalue weighted by Gasteiger charge is 2.26. The van der Waals surface area contributed by atoms with E-state index >= 15 is 0 Å². The standard InChI is InChI=1S/C18H21N3O2S/c1-13(16-5-3-4-6-19-16)20-7-9-21(10-8-20)18(23)17-11-15(12-24-17)14(2)22/h3-6,11-13H,7-10H2,1-2H3/t13-/m0/s1. The number of carbonyl (C=O) groups is 2. The van der Waals surface area contributed by atoms with E-state index < -0.39 is 0 Å². The molecule has 1 aliphatic heterocycles. The van der Waals surface area contributed by atoms with Gasteiger partial charge in [-0.15, -0.1) is 11.3 Å². The van der Waals surface area contributed by atoms with E-state index in [4.69, 9.17) is 0 Å². The van der Waals surface area contributed by atoms with Gasteiger partial charge in [-0.25, -0.2) is 0 Å². The van der Waals surface area contributed by atoms with Crippen molar-refractivity contribution < 1.29 is 9.59 Å². The number of Topliss-reactive ketones (excluding diaryl/α,β-unsaturated/α-hetero) is 1. The summed E-state index contributed by atoms with van der Waals surface area (Å²) in [6, 6.07) is 7.91. The van der Waals surface area contributed by atoms with E-state index in [1.54, 1.807) is 11.4 Å². The Morgan fingerprint density at radius 3 is 2.54 bits per heavy atom. The van der Waals surface area contributed by atoms with Crippen molar-refractivity contribution in [3.05, 3.63) is 52.0 Å². The Labute approximate surface area is 145 Å². The minimum absolute atomic E-state index is 0.000643. The second-order valence-corrected chi connectivity index (χ2v) is 6.93. The summed E-state index contributed by atoms with van der Waals surface area (Å²) in [5, 5.41) is 1.76. The van der Waals surface area contributed by atoms with E-state index in [1.807, 2.05) is 29.3 Å². The number of amides is 1. The zero-order valence-electron chi connectivity index (χ0n) is 13.9. The average Bonchev–Trinajstić information content (AvgIpc) is 3.12. The smallest absolute Gasteiger partial charge is 0.264 e. The van der Waals surface area contributed by atoms with Crippen molar-refractivity contribution >= 4 is 23.0 Å². The molecule has 1 saturated heterocycles. The maximum Gasteiger partial charge on any atom is 0.264 e. The third-order valence-electron chi connectivity index (χ3n) is 4.48. The molecule has 1 amide bonds. The van der Waals surface area contributed by atoms with E-state index in [-0.39, 0.29) is 17.7 Å². The molecule has 2 aromatic heterocycles. The molecule has 6 heteroatoms. The number of pyridine rings is 1. The second kappa shape index (κ2) is 7.23. The summed E-state index contributed by atoms with van der Waals surface area (Å²) in [6.45, 7) is 6.72. The molecule has 0 spiro atoms. The summed E-state index contributed by atoms with van der Waals surface area (Å²) < 4.78 is 0. The molecule has 0 bridgehead atoms. The number of thiophene rings is 1. The zero-order chi connectivity index (χ0) is 17.1. The Morgan fingerprint density at radius 1 is 1.21 bits per heavy atom. The highest BCUT2D eigenvalue weighted by atomic mass is 32.1. The number of ketones is 1. The lowest BCUT2D eigenvalue weighted by Crippen LogP contribution is -2.49. The SMILES string of the molecule is CC(=O)c1csc(C(=O)N2CCN([C@@H](C)c3ccccn3)CC2)c1. The average molecular weight is 343 g/mol. The van der Waals surface area contributed by atoms with E-state index in [1.165, 1.54) is 18.3 Å². The van der Waals surface area contributed by atoms with E-state index in [0.717, 1.165) is 18.8 Å². The molecule has 0 N–H and O–H groups in total. The number of hydrogen-bond donors (Lipinski definition) is 0. The van der Waals surface area contributed by atoms with Crippen LogP contribution in [0.3, 0.4) is 0 Å². The lowest BCUT2D eigenvalue weighted by atomic mass is 10.1. The minimum Gasteiger partial charge on any atom is -0.335 e. The van der Waals surface area contributed by atoms with Gasteiger partial charge < -0.3 is 4.90 Å². The summed E-state index contributed by atoms with van der Waals surface area (Å²) in [5.74, 6) is 0.0249. The van der Waals surface area contributed by atoms with Crippen molar-refractivity contribution in [3.63, 3.8) is 0 Å². The van der Waals surface area contributed by atoms with Crippen molar-refractivity contribution in [3.8, 4) is 0 Å². The van der Waals surface area contributed by atoms with Gasteiger partial charge in [0, 0.05) is 49.4 Å². The zero-order valence-corrected chi connectivity index (χ0v) is 14.8. The van der Waals surface area contributed by atoms with E-state index in [0.29, 0.717) is 23.5 Å². The minimum atomic E-state index is -0.000643. The highest BCUT2D eigenvalue weighted by Crippen LogP contribution is 2.22.